The second-order valence-corrected chi connectivity index (χ2v) is 12.2. The van der Waals surface area contributed by atoms with Crippen LogP contribution >= 0.6 is 0 Å². The van der Waals surface area contributed by atoms with Crippen LogP contribution in [0.4, 0.5) is 15.8 Å². The van der Waals surface area contributed by atoms with Gasteiger partial charge in [0.05, 0.1) is 35.0 Å². The van der Waals surface area contributed by atoms with E-state index in [0.717, 1.165) is 15.9 Å². The number of aromatic hydroxyl groups is 1. The van der Waals surface area contributed by atoms with Crippen LogP contribution in [0.1, 0.15) is 24.3 Å². The lowest BCUT2D eigenvalue weighted by Gasteiger charge is -2.44. The molecule has 2 aliphatic heterocycles. The van der Waals surface area contributed by atoms with Gasteiger partial charge in [0.1, 0.15) is 0 Å². The molecule has 4 amide bonds. The molecule has 11 nitrogen and oxygen atoms in total. The molecule has 1 saturated carbocycles. The summed E-state index contributed by atoms with van der Waals surface area (Å²) in [5.41, 5.74) is 1.03. The molecule has 4 aliphatic rings. The maximum absolute atomic E-state index is 14.8. The van der Waals surface area contributed by atoms with E-state index in [-0.39, 0.29) is 40.7 Å². The van der Waals surface area contributed by atoms with Crippen LogP contribution in [0.15, 0.2) is 78.4 Å². The predicted molar refractivity (Wildman–Crippen MR) is 163 cm³/mol. The molecule has 6 atom stereocenters. The normalized spacial score (nSPS) is 26.9. The first-order valence-electron chi connectivity index (χ1n) is 14.8. The van der Waals surface area contributed by atoms with E-state index in [2.05, 4.69) is 0 Å². The fraction of sp³-hybridized carbons (Fsp3) is 0.250. The Labute approximate surface area is 262 Å². The minimum atomic E-state index is -1.85. The van der Waals surface area contributed by atoms with E-state index in [9.17, 15) is 48.8 Å². The molecule has 7 rings (SSSR count). The highest BCUT2D eigenvalue weighted by Crippen LogP contribution is 2.59. The molecule has 3 fully saturated rings. The Morgan fingerprint density at radius 1 is 0.674 bits per heavy atom. The van der Waals surface area contributed by atoms with Crippen molar-refractivity contribution in [1.29, 1.82) is 0 Å². The molecule has 0 aromatic heterocycles. The molecule has 0 spiro atoms. The molecule has 2 heterocycles. The molecule has 6 unspecified atom stereocenters. The number of imide groups is 2. The van der Waals surface area contributed by atoms with Gasteiger partial charge in [-0.05, 0) is 60.0 Å². The summed E-state index contributed by atoms with van der Waals surface area (Å²) < 4.78 is 14.8. The number of carbonyl (C=O) groups is 4. The Hall–Kier alpha value is -4.62. The molecule has 46 heavy (non-hydrogen) atoms. The van der Waals surface area contributed by atoms with Gasteiger partial charge in [0.25, 0.3) is 0 Å². The molecular weight excluding hydrogens is 597 g/mol. The summed E-state index contributed by atoms with van der Waals surface area (Å²) in [5.74, 6) is -9.40. The number of halogens is 1. The average Bonchev–Trinajstić information content (AvgIpc) is 3.45. The highest BCUT2D eigenvalue weighted by molar-refractivity contribution is 6.59. The van der Waals surface area contributed by atoms with Gasteiger partial charge in [0, 0.05) is 11.5 Å². The van der Waals surface area contributed by atoms with Crippen molar-refractivity contribution in [1.82, 2.24) is 0 Å². The Balaban J connectivity index is 1.33. The lowest BCUT2D eigenvalue weighted by atomic mass is 9.57. The van der Waals surface area contributed by atoms with Gasteiger partial charge < -0.3 is 25.2 Å². The number of para-hydroxylation sites is 1. The molecule has 2 saturated heterocycles. The van der Waals surface area contributed by atoms with Gasteiger partial charge in [0.2, 0.25) is 23.6 Å². The number of carbonyl (C=O) groups excluding carboxylic acids is 4. The van der Waals surface area contributed by atoms with Crippen molar-refractivity contribution < 1.29 is 48.8 Å². The van der Waals surface area contributed by atoms with Crippen molar-refractivity contribution in [2.75, 3.05) is 9.80 Å². The van der Waals surface area contributed by atoms with E-state index in [1.807, 2.05) is 0 Å². The summed E-state index contributed by atoms with van der Waals surface area (Å²) in [6.07, 6.45) is 1.89. The van der Waals surface area contributed by atoms with Crippen molar-refractivity contribution in [2.45, 2.75) is 18.8 Å². The third kappa shape index (κ3) is 4.43. The molecule has 2 aliphatic carbocycles. The molecular formula is C32H27B2FN2O9. The van der Waals surface area contributed by atoms with E-state index < -0.39 is 84.9 Å². The van der Waals surface area contributed by atoms with Crippen LogP contribution in [0.25, 0.3) is 0 Å². The van der Waals surface area contributed by atoms with Crippen LogP contribution in [0, 0.1) is 35.4 Å². The Morgan fingerprint density at radius 3 is 1.80 bits per heavy atom. The number of hydrogen-bond donors (Lipinski definition) is 5. The number of hydrogen-bond acceptors (Lipinski definition) is 9. The number of nitrogens with zero attached hydrogens (tertiary/aromatic N) is 2. The van der Waals surface area contributed by atoms with Crippen molar-refractivity contribution >= 4 is 60.2 Å². The van der Waals surface area contributed by atoms with Gasteiger partial charge in [0.15, 0.2) is 11.6 Å². The topological polar surface area (TPSA) is 176 Å². The molecule has 3 aromatic rings. The Bertz CT molecular complexity index is 1850. The SMILES string of the molecule is O=C1C2CC=C3C(CC4C(=O)N(c5cccc(B(O)O)c5)C(=O)C4C3c3cccc(F)c3O)C2C(=O)N1c1cccc(B(O)O)c1. The maximum atomic E-state index is 14.8. The lowest BCUT2D eigenvalue weighted by Crippen LogP contribution is -2.43. The average molecular weight is 624 g/mol. The van der Waals surface area contributed by atoms with E-state index in [1.165, 1.54) is 60.7 Å². The molecule has 5 N–H and O–H groups in total. The lowest BCUT2D eigenvalue weighted by molar-refractivity contribution is -0.126. The molecule has 14 heteroatoms. The minimum Gasteiger partial charge on any atom is -0.505 e. The zero-order chi connectivity index (χ0) is 32.6. The number of rotatable bonds is 5. The second-order valence-electron chi connectivity index (χ2n) is 12.2. The van der Waals surface area contributed by atoms with Crippen molar-refractivity contribution in [3.63, 3.8) is 0 Å². The van der Waals surface area contributed by atoms with Crippen molar-refractivity contribution in [2.24, 2.45) is 29.6 Å². The highest BCUT2D eigenvalue weighted by Gasteiger charge is 2.62. The monoisotopic (exact) mass is 624 g/mol. The third-order valence-electron chi connectivity index (χ3n) is 9.85. The number of allylic oxidation sites excluding steroid dienone is 2. The van der Waals surface area contributed by atoms with E-state index >= 15 is 0 Å². The smallest absolute Gasteiger partial charge is 0.488 e. The van der Waals surface area contributed by atoms with Gasteiger partial charge in [-0.15, -0.1) is 0 Å². The maximum Gasteiger partial charge on any atom is 0.488 e. The predicted octanol–water partition coefficient (Wildman–Crippen LogP) is -0.0639. The number of fused-ring (bicyclic) bond motifs is 4. The van der Waals surface area contributed by atoms with Crippen molar-refractivity contribution in [3.05, 3.63) is 89.8 Å². The van der Waals surface area contributed by atoms with E-state index in [4.69, 9.17) is 0 Å². The first kappa shape index (κ1) is 30.1. The van der Waals surface area contributed by atoms with Crippen LogP contribution in [0.2, 0.25) is 0 Å². The quantitative estimate of drug-likeness (QED) is 0.148. The molecule has 232 valence electrons. The number of phenols is 1. The molecule has 0 bridgehead atoms. The van der Waals surface area contributed by atoms with Crippen LogP contribution < -0.4 is 20.7 Å². The van der Waals surface area contributed by atoms with E-state index in [0.29, 0.717) is 5.57 Å². The van der Waals surface area contributed by atoms with Crippen molar-refractivity contribution in [3.8, 4) is 5.75 Å². The number of amides is 4. The second kappa shape index (κ2) is 11.0. The summed E-state index contributed by atoms with van der Waals surface area (Å²) in [6, 6.07) is 15.4. The zero-order valence-corrected chi connectivity index (χ0v) is 24.1. The Morgan fingerprint density at radius 2 is 1.22 bits per heavy atom. The zero-order valence-electron chi connectivity index (χ0n) is 24.1. The van der Waals surface area contributed by atoms with Gasteiger partial charge in [-0.1, -0.05) is 48.0 Å². The number of phenolic OH excluding ortho intramolecular Hbond substituents is 1. The Kier molecular flexibility index (Phi) is 7.20. The largest absolute Gasteiger partial charge is 0.505 e. The summed E-state index contributed by atoms with van der Waals surface area (Å²) in [7, 11) is -3.68. The third-order valence-corrected chi connectivity index (χ3v) is 9.85. The first-order valence-corrected chi connectivity index (χ1v) is 14.8. The number of anilines is 2. The summed E-state index contributed by atoms with van der Waals surface area (Å²) in [6.45, 7) is 0. The van der Waals surface area contributed by atoms with Gasteiger partial charge in [-0.2, -0.15) is 0 Å². The van der Waals surface area contributed by atoms with Gasteiger partial charge >= 0.3 is 14.2 Å². The van der Waals surface area contributed by atoms with Gasteiger partial charge in [-0.25, -0.2) is 4.39 Å². The minimum absolute atomic E-state index is 0.0237. The van der Waals surface area contributed by atoms with Crippen LogP contribution in [-0.4, -0.2) is 63.1 Å². The first-order chi connectivity index (χ1) is 22.0. The summed E-state index contributed by atoms with van der Waals surface area (Å²) in [5, 5.41) is 49.6. The number of benzene rings is 3. The van der Waals surface area contributed by atoms with Crippen LogP contribution in [0.5, 0.6) is 5.75 Å². The summed E-state index contributed by atoms with van der Waals surface area (Å²) in [4.78, 5) is 58.0. The standard InChI is InChI=1S/C32H27B2FN2O9/c35-24-9-3-8-20(28(24)38)25-19-10-11-21-26(31(41)36(29(21)39)17-6-1-4-15(12-17)33(43)44)22(19)14-23-27(25)32(42)37(30(23)40)18-7-2-5-16(13-18)34(45)46/h1-10,12-13,21-23,25-27,38,43-46H,11,14H2. The fourth-order valence-electron chi connectivity index (χ4n) is 7.88. The summed E-state index contributed by atoms with van der Waals surface area (Å²) >= 11 is 0. The molecule has 3 aromatic carbocycles. The van der Waals surface area contributed by atoms with Crippen LogP contribution in [0.3, 0.4) is 0 Å². The van der Waals surface area contributed by atoms with Crippen LogP contribution in [-0.2, 0) is 19.2 Å². The molecule has 0 radical (unpaired) electrons. The van der Waals surface area contributed by atoms with E-state index in [1.54, 1.807) is 6.08 Å². The van der Waals surface area contributed by atoms with Gasteiger partial charge in [-0.3, -0.25) is 29.0 Å². The highest BCUT2D eigenvalue weighted by atomic mass is 19.1. The fourth-order valence-corrected chi connectivity index (χ4v) is 7.88.